The highest BCUT2D eigenvalue weighted by Gasteiger charge is 2.17. The maximum atomic E-state index is 10.6. The minimum atomic E-state index is -0.985. The second-order valence-corrected chi connectivity index (χ2v) is 3.98. The third-order valence-electron chi connectivity index (χ3n) is 2.25. The minimum absolute atomic E-state index is 0.323. The number of alkyl halides is 1. The average molecular weight is 243 g/mol. The fourth-order valence-electron chi connectivity index (χ4n) is 1.33. The largest absolute Gasteiger partial charge is 0.480 e. The van der Waals surface area contributed by atoms with Gasteiger partial charge >= 0.3 is 5.97 Å². The Balaban J connectivity index is 2.53. The predicted octanol–water partition coefficient (Wildman–Crippen LogP) is 1.60. The molecule has 0 fully saturated rings. The van der Waals surface area contributed by atoms with E-state index < -0.39 is 11.3 Å². The number of aromatic nitrogens is 1. The molecule has 0 aliphatic rings. The molecule has 0 saturated heterocycles. The highest BCUT2D eigenvalue weighted by atomic mass is 35.5. The number of carboxylic acids is 1. The second kappa shape index (κ2) is 6.45. The topological polar surface area (TPSA) is 53.4 Å². The van der Waals surface area contributed by atoms with Crippen molar-refractivity contribution in [1.29, 1.82) is 0 Å². The van der Waals surface area contributed by atoms with Crippen molar-refractivity contribution in [3.63, 3.8) is 0 Å². The van der Waals surface area contributed by atoms with Gasteiger partial charge in [0, 0.05) is 19.3 Å². The Morgan fingerprint density at radius 3 is 2.88 bits per heavy atom. The highest BCUT2D eigenvalue weighted by Crippen LogP contribution is 2.05. The maximum absolute atomic E-state index is 10.6. The average Bonchev–Trinajstić information content (AvgIpc) is 2.29. The molecule has 0 spiro atoms. The Morgan fingerprint density at radius 1 is 1.62 bits per heavy atom. The zero-order valence-corrected chi connectivity index (χ0v) is 9.89. The summed E-state index contributed by atoms with van der Waals surface area (Å²) in [6.45, 7) is 3.65. The number of hydrogen-bond acceptors (Lipinski definition) is 3. The molecular weight excluding hydrogens is 228 g/mol. The summed E-state index contributed by atoms with van der Waals surface area (Å²) >= 11 is 5.69. The van der Waals surface area contributed by atoms with Crippen LogP contribution in [0.4, 0.5) is 0 Å². The van der Waals surface area contributed by atoms with Gasteiger partial charge in [-0.1, -0.05) is 13.0 Å². The van der Waals surface area contributed by atoms with Gasteiger partial charge in [-0.2, -0.15) is 0 Å². The van der Waals surface area contributed by atoms with Gasteiger partial charge in [0.1, 0.15) is 5.38 Å². The molecule has 5 heteroatoms. The number of hydrogen-bond donors (Lipinski definition) is 1. The molecule has 1 heterocycles. The summed E-state index contributed by atoms with van der Waals surface area (Å²) in [7, 11) is 0. The number of carboxylic acid groups (broad SMARTS) is 1. The second-order valence-electron chi connectivity index (χ2n) is 3.45. The molecule has 4 nitrogen and oxygen atoms in total. The van der Waals surface area contributed by atoms with E-state index in [1.54, 1.807) is 6.20 Å². The molecule has 0 aromatic carbocycles. The fourth-order valence-corrected chi connectivity index (χ4v) is 1.53. The smallest absolute Gasteiger partial charge is 0.322 e. The van der Waals surface area contributed by atoms with E-state index in [1.807, 2.05) is 30.0 Å². The van der Waals surface area contributed by atoms with E-state index >= 15 is 0 Å². The van der Waals surface area contributed by atoms with E-state index in [0.717, 1.165) is 12.2 Å². The molecule has 0 aliphatic carbocycles. The van der Waals surface area contributed by atoms with Crippen molar-refractivity contribution in [3.05, 3.63) is 30.1 Å². The van der Waals surface area contributed by atoms with E-state index in [4.69, 9.17) is 16.7 Å². The first-order chi connectivity index (χ1) is 7.63. The molecule has 1 aromatic heterocycles. The Kier molecular flexibility index (Phi) is 5.22. The van der Waals surface area contributed by atoms with Crippen LogP contribution in [0.25, 0.3) is 0 Å². The first-order valence-corrected chi connectivity index (χ1v) is 5.56. The number of pyridine rings is 1. The first-order valence-electron chi connectivity index (χ1n) is 5.12. The first kappa shape index (κ1) is 12.9. The summed E-state index contributed by atoms with van der Waals surface area (Å²) in [4.78, 5) is 16.8. The quantitative estimate of drug-likeness (QED) is 0.770. The van der Waals surface area contributed by atoms with Crippen molar-refractivity contribution in [2.45, 2.75) is 18.8 Å². The van der Waals surface area contributed by atoms with Crippen molar-refractivity contribution in [2.75, 3.05) is 13.1 Å². The molecule has 0 bridgehead atoms. The number of carbonyl (C=O) groups is 1. The van der Waals surface area contributed by atoms with Gasteiger partial charge < -0.3 is 5.11 Å². The van der Waals surface area contributed by atoms with E-state index in [1.165, 1.54) is 0 Å². The van der Waals surface area contributed by atoms with Gasteiger partial charge in [0.25, 0.3) is 0 Å². The lowest BCUT2D eigenvalue weighted by Crippen LogP contribution is -2.33. The monoisotopic (exact) mass is 242 g/mol. The molecule has 1 aromatic rings. The Labute approximate surface area is 99.9 Å². The molecule has 88 valence electrons. The van der Waals surface area contributed by atoms with Crippen molar-refractivity contribution in [3.8, 4) is 0 Å². The Bertz CT molecular complexity index is 332. The number of halogens is 1. The Hall–Kier alpha value is -1.13. The molecule has 1 atom stereocenters. The minimum Gasteiger partial charge on any atom is -0.480 e. The molecule has 1 unspecified atom stereocenters. The zero-order chi connectivity index (χ0) is 12.0. The van der Waals surface area contributed by atoms with Crippen LogP contribution in [0.3, 0.4) is 0 Å². The van der Waals surface area contributed by atoms with Crippen LogP contribution in [0.1, 0.15) is 12.6 Å². The predicted molar refractivity (Wildman–Crippen MR) is 62.5 cm³/mol. The summed E-state index contributed by atoms with van der Waals surface area (Å²) in [5.74, 6) is -0.985. The van der Waals surface area contributed by atoms with Gasteiger partial charge in [0.2, 0.25) is 0 Å². The van der Waals surface area contributed by atoms with Crippen molar-refractivity contribution < 1.29 is 9.90 Å². The maximum Gasteiger partial charge on any atom is 0.322 e. The number of rotatable bonds is 6. The van der Waals surface area contributed by atoms with Crippen LogP contribution in [0, 0.1) is 0 Å². The summed E-state index contributed by atoms with van der Waals surface area (Å²) in [5, 5.41) is 7.85. The lowest BCUT2D eigenvalue weighted by atomic mass is 10.3. The van der Waals surface area contributed by atoms with Gasteiger partial charge in [-0.15, -0.1) is 11.6 Å². The van der Waals surface area contributed by atoms with E-state index in [0.29, 0.717) is 13.1 Å². The molecule has 0 radical (unpaired) electrons. The summed E-state index contributed by atoms with van der Waals surface area (Å²) in [6.07, 6.45) is 1.72. The van der Waals surface area contributed by atoms with E-state index in [2.05, 4.69) is 4.98 Å². The van der Waals surface area contributed by atoms with Crippen molar-refractivity contribution >= 4 is 17.6 Å². The van der Waals surface area contributed by atoms with Gasteiger partial charge in [-0.25, -0.2) is 0 Å². The zero-order valence-electron chi connectivity index (χ0n) is 9.14. The van der Waals surface area contributed by atoms with Crippen LogP contribution in [-0.2, 0) is 11.3 Å². The normalized spacial score (nSPS) is 12.7. The lowest BCUT2D eigenvalue weighted by molar-refractivity contribution is -0.137. The van der Waals surface area contributed by atoms with Crippen LogP contribution in [0.15, 0.2) is 24.4 Å². The molecule has 0 aliphatic heterocycles. The van der Waals surface area contributed by atoms with Crippen LogP contribution in [-0.4, -0.2) is 39.4 Å². The molecule has 0 saturated carbocycles. The van der Waals surface area contributed by atoms with Crippen molar-refractivity contribution in [2.24, 2.45) is 0 Å². The standard InChI is InChI=1S/C11H15ClN2O2/c1-2-14(8-10(12)11(15)16)7-9-5-3-4-6-13-9/h3-6,10H,2,7-8H2,1H3,(H,15,16). The summed E-state index contributed by atoms with van der Waals surface area (Å²) in [6, 6.07) is 5.67. The lowest BCUT2D eigenvalue weighted by Gasteiger charge is -2.20. The van der Waals surface area contributed by atoms with Crippen LogP contribution in [0.2, 0.25) is 0 Å². The van der Waals surface area contributed by atoms with Crippen LogP contribution >= 0.6 is 11.6 Å². The number of nitrogens with zero attached hydrogens (tertiary/aromatic N) is 2. The van der Waals surface area contributed by atoms with E-state index in [9.17, 15) is 4.79 Å². The molecule has 1 N–H and O–H groups in total. The summed E-state index contributed by atoms with van der Waals surface area (Å²) < 4.78 is 0. The van der Waals surface area contributed by atoms with Gasteiger partial charge in [0.05, 0.1) is 5.69 Å². The Morgan fingerprint density at radius 2 is 2.38 bits per heavy atom. The van der Waals surface area contributed by atoms with E-state index in [-0.39, 0.29) is 0 Å². The third-order valence-corrected chi connectivity index (χ3v) is 2.57. The van der Waals surface area contributed by atoms with Crippen LogP contribution < -0.4 is 0 Å². The van der Waals surface area contributed by atoms with Gasteiger partial charge in [-0.05, 0) is 18.7 Å². The van der Waals surface area contributed by atoms with Crippen LogP contribution in [0.5, 0.6) is 0 Å². The molecule has 1 rings (SSSR count). The molecule has 0 amide bonds. The fraction of sp³-hybridized carbons (Fsp3) is 0.455. The summed E-state index contributed by atoms with van der Waals surface area (Å²) in [5.41, 5.74) is 0.915. The van der Waals surface area contributed by atoms with Crippen molar-refractivity contribution in [1.82, 2.24) is 9.88 Å². The number of aliphatic carboxylic acids is 1. The van der Waals surface area contributed by atoms with Gasteiger partial charge in [-0.3, -0.25) is 14.7 Å². The highest BCUT2D eigenvalue weighted by molar-refractivity contribution is 6.29. The molecule has 16 heavy (non-hydrogen) atoms. The molecular formula is C11H15ClN2O2. The SMILES string of the molecule is CCN(Cc1ccccn1)CC(Cl)C(=O)O. The third kappa shape index (κ3) is 4.16. The van der Waals surface area contributed by atoms with Gasteiger partial charge in [0.15, 0.2) is 0 Å².